The third-order valence-corrected chi connectivity index (χ3v) is 24.1. The van der Waals surface area contributed by atoms with Gasteiger partial charge in [-0.15, -0.1) is 0 Å². The van der Waals surface area contributed by atoms with Crippen molar-refractivity contribution in [2.45, 2.75) is 69.2 Å². The number of hydrogen-bond donors (Lipinski definition) is 0. The predicted molar refractivity (Wildman–Crippen MR) is 564 cm³/mol. The Hall–Kier alpha value is -12.5. The van der Waals surface area contributed by atoms with Gasteiger partial charge in [-0.05, 0) is 0 Å². The summed E-state index contributed by atoms with van der Waals surface area (Å²) >= 11 is 7.17. The standard InChI is InChI=1S/5C25H22N.5W/c1-4-12-22(24-17-10-8-13-20(24)2)19-26(23-15-6-5-7-16-23)25-18-11-9-14-21(25)3;1-4-10-23(22-13-6-5-7-14-22)19-26(24-15-8-11-20(2)17-24)25-16-9-12-21(3)18-25;1-4-10-23(22-12-6-5-7-13-22)19-26(24-17-15-20(2)16-18-24)25-14-9-8-11-21(25)3;1-4-9-23(22-11-6-5-7-12-22)19-26(24-16-14-20(2)15-17-24)25-13-8-10-21(3)18-25;1-4-8-23(22-9-6-5-7-10-22)19-26(24-15-11-20(2)12-16-24)25-17-13-21(3)14-18-25;;;;;/h5*1,4-18H,2-3H3;;;;;/q5*-1;;;;;. The van der Waals surface area contributed by atoms with Crippen LogP contribution >= 0.6 is 0 Å². The van der Waals surface area contributed by atoms with Crippen LogP contribution in [0.25, 0.3) is 27.9 Å². The molecule has 135 heavy (non-hydrogen) atoms. The molecule has 0 saturated carbocycles. The Bertz CT molecular complexity index is 6580. The molecule has 0 fully saturated rings. The maximum absolute atomic E-state index is 3.67. The third-order valence-electron chi connectivity index (χ3n) is 21.3. The van der Waals surface area contributed by atoms with Crippen molar-refractivity contribution in [2.24, 2.45) is 0 Å². The first-order valence-electron chi connectivity index (χ1n) is 44.6. The van der Waals surface area contributed by atoms with Crippen molar-refractivity contribution in [2.75, 3.05) is 24.5 Å². The summed E-state index contributed by atoms with van der Waals surface area (Å²) in [4.78, 5) is 10.7. The first-order valence-corrected chi connectivity index (χ1v) is 53.1. The first-order chi connectivity index (χ1) is 65.9. The van der Waals surface area contributed by atoms with E-state index in [2.05, 4.69) is 571 Å². The van der Waals surface area contributed by atoms with Gasteiger partial charge in [0.05, 0.1) is 0 Å². The molecule has 5 nitrogen and oxygen atoms in total. The van der Waals surface area contributed by atoms with Crippen LogP contribution in [0.5, 0.6) is 0 Å². The summed E-state index contributed by atoms with van der Waals surface area (Å²) in [7, 11) is 0. The molecule has 0 aromatic heterocycles. The van der Waals surface area contributed by atoms with Crippen LogP contribution in [0.4, 0.5) is 56.9 Å². The van der Waals surface area contributed by atoms with Gasteiger partial charge in [0.25, 0.3) is 0 Å². The average molecular weight is 2600 g/mol. The van der Waals surface area contributed by atoms with Gasteiger partial charge in [-0.3, -0.25) is 0 Å². The van der Waals surface area contributed by atoms with E-state index < -0.39 is 0 Å². The second-order valence-corrected chi connectivity index (χ2v) is 36.7. The molecule has 0 spiro atoms. The Morgan fingerprint density at radius 3 is 0.681 bits per heavy atom. The fourth-order valence-electron chi connectivity index (χ4n) is 14.2. The number of aryl methyl sites for hydroxylation is 10. The zero-order valence-electron chi connectivity index (χ0n) is 78.0. The normalized spacial score (nSPS) is 11.6. The molecule has 0 radical (unpaired) electrons. The van der Waals surface area contributed by atoms with Gasteiger partial charge in [-0.1, -0.05) is 0 Å². The molecule has 0 atom stereocenters. The molecule has 15 rings (SSSR count). The van der Waals surface area contributed by atoms with E-state index in [1.165, 1.54) is 158 Å². The fraction of sp³-hybridized carbons (Fsp3) is 0.0800. The predicted octanol–water partition coefficient (Wildman–Crippen LogP) is 31.0. The van der Waals surface area contributed by atoms with Crippen LogP contribution in [0.3, 0.4) is 0 Å². The molecule has 0 bridgehead atoms. The van der Waals surface area contributed by atoms with Gasteiger partial charge in [0, 0.05) is 0 Å². The van der Waals surface area contributed by atoms with Crippen molar-refractivity contribution in [3.8, 4) is 0 Å². The van der Waals surface area contributed by atoms with E-state index in [-0.39, 0.29) is 0 Å². The van der Waals surface area contributed by atoms with E-state index in [0.29, 0.717) is 0 Å². The van der Waals surface area contributed by atoms with E-state index in [1.54, 1.807) is 0 Å². The number of benzene rings is 15. The van der Waals surface area contributed by atoms with Crippen molar-refractivity contribution in [3.63, 3.8) is 0 Å². The molecule has 0 heterocycles. The van der Waals surface area contributed by atoms with Crippen molar-refractivity contribution in [1.29, 1.82) is 0 Å². The van der Waals surface area contributed by atoms with Crippen LogP contribution in [0.15, 0.2) is 455 Å². The zero-order valence-corrected chi connectivity index (χ0v) is 92.6. The van der Waals surface area contributed by atoms with Gasteiger partial charge in [0.1, 0.15) is 0 Å². The van der Waals surface area contributed by atoms with E-state index >= 15 is 0 Å². The van der Waals surface area contributed by atoms with E-state index in [9.17, 15) is 0 Å². The van der Waals surface area contributed by atoms with Gasteiger partial charge < -0.3 is 0 Å². The molecular weight excluding hydrogens is 2490 g/mol. The number of allylic oxidation sites excluding steroid dienone is 15. The Morgan fingerprint density at radius 2 is 0.400 bits per heavy atom. The molecule has 0 saturated heterocycles. The summed E-state index contributed by atoms with van der Waals surface area (Å²) in [6.07, 6.45) is 39.3. The molecule has 0 aliphatic carbocycles. The molecule has 0 unspecified atom stereocenters. The van der Waals surface area contributed by atoms with Gasteiger partial charge in [-0.25, -0.2) is 0 Å². The van der Waals surface area contributed by atoms with Crippen molar-refractivity contribution in [1.82, 2.24) is 0 Å². The van der Waals surface area contributed by atoms with E-state index in [1.807, 2.05) is 30.3 Å². The summed E-state index contributed by atoms with van der Waals surface area (Å²) in [5.74, 6) is 0. The summed E-state index contributed by atoms with van der Waals surface area (Å²) < 4.78 is 10.6. The fourth-order valence-corrected chi connectivity index (χ4v) is 15.7. The Labute approximate surface area is 858 Å². The number of para-hydroxylation sites is 3. The summed E-state index contributed by atoms with van der Waals surface area (Å²) in [5.41, 5.74) is 34.5. The van der Waals surface area contributed by atoms with Gasteiger partial charge in [-0.2, -0.15) is 0 Å². The van der Waals surface area contributed by atoms with Crippen molar-refractivity contribution < 1.29 is 96.8 Å². The minimum atomic E-state index is 1.05. The molecule has 10 heteroatoms. The number of rotatable bonds is 30. The van der Waals surface area contributed by atoms with Crippen LogP contribution in [0.1, 0.15) is 83.5 Å². The van der Waals surface area contributed by atoms with E-state index in [0.717, 1.165) is 107 Å². The van der Waals surface area contributed by atoms with Crippen LogP contribution in [0, 0.1) is 100 Å². The molecule has 0 N–H and O–H groups in total. The number of hydrogen-bond acceptors (Lipinski definition) is 5. The van der Waals surface area contributed by atoms with Crippen LogP contribution in [0.2, 0.25) is 0 Å². The Morgan fingerprint density at radius 1 is 0.185 bits per heavy atom. The minimum absolute atomic E-state index is 1.05. The monoisotopic (exact) mass is 2600 g/mol. The SMILES string of the molecule is Cc1ccc(N([C-]=C(C=C[CH]=[W])c2ccccc2)c2ccc(C)cc2)cc1.Cc1ccc(N([C-]=C(C=C[CH]=[W])c2ccccc2)c2cccc(C)c2)cc1.Cc1ccc(N([C-]=C(C=C[CH]=[W])c2ccccc2)c2ccccc2C)cc1.Cc1cccc(N([C-]=C(C=C[CH]=[W])c2ccccc2)c2cccc(C)c2)c1.Cc1ccccc1C(=[C-]N(c1ccccc1)c1ccccc1C)C=C[CH]=[W]. The number of anilines is 10. The van der Waals surface area contributed by atoms with E-state index in [4.69, 9.17) is 0 Å². The van der Waals surface area contributed by atoms with Gasteiger partial charge >= 0.3 is 867 Å². The molecule has 0 amide bonds. The topological polar surface area (TPSA) is 16.2 Å². The van der Waals surface area contributed by atoms with Crippen LogP contribution in [-0.2, 0) is 96.8 Å². The van der Waals surface area contributed by atoms with Crippen molar-refractivity contribution in [3.05, 3.63) is 570 Å². The second kappa shape index (κ2) is 56.0. The zero-order chi connectivity index (χ0) is 95.3. The first kappa shape index (κ1) is 103. The molecule has 15 aromatic carbocycles. The maximum atomic E-state index is 3.67. The summed E-state index contributed by atoms with van der Waals surface area (Å²) in [6, 6.07) is 137. The quantitative estimate of drug-likeness (QED) is 0.0253. The molecular formula is C125H110N5W5-5. The third kappa shape index (κ3) is 32.7. The molecule has 0 aliphatic heterocycles. The summed E-state index contributed by atoms with van der Waals surface area (Å²) in [5, 5.41) is 0. The Kier molecular flexibility index (Phi) is 42.7. The number of nitrogens with zero attached hydrogens (tertiary/aromatic N) is 5. The van der Waals surface area contributed by atoms with Gasteiger partial charge in [0.15, 0.2) is 0 Å². The second-order valence-electron chi connectivity index (χ2n) is 31.8. The Balaban J connectivity index is 0.000000162. The van der Waals surface area contributed by atoms with Crippen LogP contribution < -0.4 is 24.5 Å². The van der Waals surface area contributed by atoms with Crippen LogP contribution in [-0.4, -0.2) is 22.0 Å². The van der Waals surface area contributed by atoms with Crippen molar-refractivity contribution >= 4 is 107 Å². The summed E-state index contributed by atoms with van der Waals surface area (Å²) in [6.45, 7) is 21.2. The average Bonchev–Trinajstić information content (AvgIpc) is 0.822. The molecule has 0 aliphatic rings. The molecule has 670 valence electrons. The molecule has 15 aromatic rings. The van der Waals surface area contributed by atoms with Gasteiger partial charge in [0.2, 0.25) is 0 Å².